The number of sulfonamides is 1. The second-order valence-electron chi connectivity index (χ2n) is 8.24. The summed E-state index contributed by atoms with van der Waals surface area (Å²) in [4.78, 5) is 17.1. The number of rotatable bonds is 7. The number of ether oxygens (including phenoxy) is 1. The van der Waals surface area contributed by atoms with E-state index in [1.807, 2.05) is 18.2 Å². The van der Waals surface area contributed by atoms with Gasteiger partial charge in [0.15, 0.2) is 5.03 Å². The molecule has 0 atom stereocenters. The summed E-state index contributed by atoms with van der Waals surface area (Å²) in [7, 11) is -2.47. The topological polar surface area (TPSA) is 103 Å². The van der Waals surface area contributed by atoms with Gasteiger partial charge >= 0.3 is 0 Å². The molecule has 3 aromatic rings. The van der Waals surface area contributed by atoms with Crippen molar-refractivity contribution in [1.82, 2.24) is 19.5 Å². The van der Waals surface area contributed by atoms with Gasteiger partial charge in [-0.1, -0.05) is 12.1 Å². The quantitative estimate of drug-likeness (QED) is 0.591. The molecule has 1 aromatic carbocycles. The van der Waals surface area contributed by atoms with Crippen molar-refractivity contribution < 1.29 is 17.9 Å². The Hall–Kier alpha value is -3.20. The number of amides is 1. The van der Waals surface area contributed by atoms with Gasteiger partial charge in [-0.2, -0.15) is 13.5 Å². The molecule has 0 aliphatic heterocycles. The predicted molar refractivity (Wildman–Crippen MR) is 118 cm³/mol. The molecule has 2 aliphatic carbocycles. The summed E-state index contributed by atoms with van der Waals surface area (Å²) >= 11 is 0. The number of nitrogens with one attached hydrogen (secondary N) is 1. The molecule has 0 unspecified atom stereocenters. The molecule has 32 heavy (non-hydrogen) atoms. The number of hydrogen-bond acceptors (Lipinski definition) is 6. The van der Waals surface area contributed by atoms with Crippen LogP contribution in [0.4, 0.5) is 0 Å². The van der Waals surface area contributed by atoms with E-state index in [1.165, 1.54) is 11.6 Å². The van der Waals surface area contributed by atoms with Crippen molar-refractivity contribution in [2.75, 3.05) is 7.11 Å². The smallest absolute Gasteiger partial charge is 0.283 e. The molecule has 1 fully saturated rings. The van der Waals surface area contributed by atoms with E-state index in [0.29, 0.717) is 5.88 Å². The third kappa shape index (κ3) is 4.00. The van der Waals surface area contributed by atoms with Crippen LogP contribution < -0.4 is 9.46 Å². The van der Waals surface area contributed by atoms with Crippen molar-refractivity contribution in [2.45, 2.75) is 49.6 Å². The number of benzene rings is 1. The zero-order valence-electron chi connectivity index (χ0n) is 17.7. The van der Waals surface area contributed by atoms with Crippen molar-refractivity contribution in [2.24, 2.45) is 0 Å². The van der Waals surface area contributed by atoms with Crippen LogP contribution in [0.3, 0.4) is 0 Å². The minimum Gasteiger partial charge on any atom is -0.481 e. The number of carbonyl (C=O) groups excluding carboxylic acids is 1. The summed E-state index contributed by atoms with van der Waals surface area (Å²) in [5.74, 6) is -0.0965. The molecule has 0 radical (unpaired) electrons. The molecule has 0 saturated heterocycles. The van der Waals surface area contributed by atoms with E-state index in [4.69, 9.17) is 4.74 Å². The number of carbonyl (C=O) groups is 1. The molecule has 0 spiro atoms. The van der Waals surface area contributed by atoms with E-state index in [-0.39, 0.29) is 17.5 Å². The number of aromatic nitrogens is 3. The third-order valence-corrected chi connectivity index (χ3v) is 7.29. The first-order valence-electron chi connectivity index (χ1n) is 10.7. The highest BCUT2D eigenvalue weighted by atomic mass is 32.2. The highest BCUT2D eigenvalue weighted by Crippen LogP contribution is 2.35. The first-order valence-corrected chi connectivity index (χ1v) is 12.2. The van der Waals surface area contributed by atoms with Crippen molar-refractivity contribution in [1.29, 1.82) is 0 Å². The van der Waals surface area contributed by atoms with Gasteiger partial charge in [0.1, 0.15) is 0 Å². The van der Waals surface area contributed by atoms with Crippen LogP contribution in [0.2, 0.25) is 0 Å². The zero-order valence-corrected chi connectivity index (χ0v) is 18.6. The largest absolute Gasteiger partial charge is 0.481 e. The highest BCUT2D eigenvalue weighted by molar-refractivity contribution is 7.90. The lowest BCUT2D eigenvalue weighted by Crippen LogP contribution is -2.32. The molecule has 5 rings (SSSR count). The van der Waals surface area contributed by atoms with Gasteiger partial charge < -0.3 is 4.74 Å². The van der Waals surface area contributed by atoms with Gasteiger partial charge in [-0.05, 0) is 72.1 Å². The lowest BCUT2D eigenvalue weighted by atomic mass is 9.91. The van der Waals surface area contributed by atoms with Gasteiger partial charge in [-0.25, -0.2) is 9.71 Å². The maximum Gasteiger partial charge on any atom is 0.283 e. The molecule has 1 saturated carbocycles. The van der Waals surface area contributed by atoms with Crippen LogP contribution in [-0.4, -0.2) is 36.2 Å². The monoisotopic (exact) mass is 452 g/mol. The SMILES string of the molecule is COc1cc(-c2ccc3c(c2CC(=O)NS(=O)(=O)c2ccn(C4CC4)n2)CCC3)ccn1. The molecule has 2 aromatic heterocycles. The lowest BCUT2D eigenvalue weighted by Gasteiger charge is -2.15. The Kier molecular flexibility index (Phi) is 5.21. The van der Waals surface area contributed by atoms with Gasteiger partial charge in [0.25, 0.3) is 10.0 Å². The summed E-state index contributed by atoms with van der Waals surface area (Å²) in [6.45, 7) is 0. The van der Waals surface area contributed by atoms with Crippen molar-refractivity contribution in [3.63, 3.8) is 0 Å². The predicted octanol–water partition coefficient (Wildman–Crippen LogP) is 2.82. The normalized spacial score (nSPS) is 15.4. The van der Waals surface area contributed by atoms with Gasteiger partial charge in [0, 0.05) is 18.5 Å². The van der Waals surface area contributed by atoms with Gasteiger partial charge in [0.05, 0.1) is 19.6 Å². The highest BCUT2D eigenvalue weighted by Gasteiger charge is 2.28. The van der Waals surface area contributed by atoms with E-state index in [9.17, 15) is 13.2 Å². The molecule has 166 valence electrons. The Bertz CT molecular complexity index is 1300. The van der Waals surface area contributed by atoms with E-state index in [1.54, 1.807) is 24.2 Å². The fourth-order valence-electron chi connectivity index (χ4n) is 4.31. The number of hydrogen-bond donors (Lipinski definition) is 1. The Labute approximate surface area is 186 Å². The molecule has 8 nitrogen and oxygen atoms in total. The van der Waals surface area contributed by atoms with Gasteiger partial charge in [0.2, 0.25) is 11.8 Å². The van der Waals surface area contributed by atoms with Crippen LogP contribution in [0.1, 0.15) is 42.0 Å². The Morgan fingerprint density at radius 2 is 2.06 bits per heavy atom. The summed E-state index contributed by atoms with van der Waals surface area (Å²) in [6, 6.07) is 9.46. The van der Waals surface area contributed by atoms with E-state index < -0.39 is 15.9 Å². The van der Waals surface area contributed by atoms with E-state index >= 15 is 0 Å². The number of nitrogens with zero attached hydrogens (tertiary/aromatic N) is 3. The van der Waals surface area contributed by atoms with E-state index in [0.717, 1.165) is 54.4 Å². The molecular weight excluding hydrogens is 428 g/mol. The molecule has 1 N–H and O–H groups in total. The Balaban J connectivity index is 1.43. The maximum atomic E-state index is 12.9. The van der Waals surface area contributed by atoms with Gasteiger partial charge in [-0.15, -0.1) is 0 Å². The molecular formula is C23H24N4O4S. The summed E-state index contributed by atoms with van der Waals surface area (Å²) in [5.41, 5.74) is 4.95. The standard InChI is InChI=1S/C23H24N4O4S/c1-31-22-13-16(9-11-24-22)19-8-5-15-3-2-4-18(15)20(19)14-21(28)26-32(29,30)23-10-12-27(25-23)17-6-7-17/h5,8-13,17H,2-4,6-7,14H2,1H3,(H,26,28). The van der Waals surface area contributed by atoms with Crippen LogP contribution in [0, 0.1) is 0 Å². The number of pyridine rings is 1. The average Bonchev–Trinajstić information content (AvgIpc) is 3.29. The Morgan fingerprint density at radius 3 is 2.84 bits per heavy atom. The maximum absolute atomic E-state index is 12.9. The van der Waals surface area contributed by atoms with Gasteiger partial charge in [-0.3, -0.25) is 9.48 Å². The summed E-state index contributed by atoms with van der Waals surface area (Å²) in [5, 5.41) is 4.01. The summed E-state index contributed by atoms with van der Waals surface area (Å²) < 4.78 is 34.6. The third-order valence-electron chi connectivity index (χ3n) is 6.02. The minimum absolute atomic E-state index is 0.0360. The molecule has 2 heterocycles. The zero-order chi connectivity index (χ0) is 22.3. The van der Waals surface area contributed by atoms with E-state index in [2.05, 4.69) is 20.9 Å². The van der Waals surface area contributed by atoms with Crippen molar-refractivity contribution in [3.8, 4) is 17.0 Å². The van der Waals surface area contributed by atoms with Crippen LogP contribution in [0.15, 0.2) is 47.8 Å². The molecule has 1 amide bonds. The van der Waals surface area contributed by atoms with Crippen LogP contribution >= 0.6 is 0 Å². The van der Waals surface area contributed by atoms with Crippen LogP contribution in [0.5, 0.6) is 5.88 Å². The van der Waals surface area contributed by atoms with Crippen molar-refractivity contribution in [3.05, 3.63) is 59.4 Å². The van der Waals surface area contributed by atoms with Crippen LogP contribution in [0.25, 0.3) is 11.1 Å². The fourth-order valence-corrected chi connectivity index (χ4v) is 5.23. The lowest BCUT2D eigenvalue weighted by molar-refractivity contribution is -0.118. The van der Waals surface area contributed by atoms with Crippen LogP contribution in [-0.2, 0) is 34.1 Å². The summed E-state index contributed by atoms with van der Waals surface area (Å²) in [6.07, 6.45) is 8.11. The second kappa shape index (κ2) is 8.05. The molecule has 0 bridgehead atoms. The number of fused-ring (bicyclic) bond motifs is 1. The Morgan fingerprint density at radius 1 is 1.22 bits per heavy atom. The average molecular weight is 453 g/mol. The molecule has 9 heteroatoms. The minimum atomic E-state index is -4.03. The molecule has 2 aliphatic rings. The van der Waals surface area contributed by atoms with Crippen molar-refractivity contribution >= 4 is 15.9 Å². The first kappa shape index (κ1) is 20.7. The number of methoxy groups -OCH3 is 1. The fraction of sp³-hybridized carbons (Fsp3) is 0.348. The second-order valence-corrected chi connectivity index (χ2v) is 9.87. The number of aryl methyl sites for hydroxylation is 1. The first-order chi connectivity index (χ1) is 15.4.